The average Bonchev–Trinajstić information content (AvgIpc) is 2.68. The van der Waals surface area contributed by atoms with Crippen molar-refractivity contribution in [3.05, 3.63) is 35.9 Å². The topological polar surface area (TPSA) is 123 Å². The standard InChI is InChI=1S/C20H29N3O6/c1-5-14(4)21-19(26)22-16(24)12-28-18(25)17(13(2)3)23-20(27)29-11-15-9-7-6-8-10-15/h6-10,13-14,17H,5,11-12H2,1-4H3,(H,23,27)(H2,21,22,24,26)/t14-,17+/m1/s1. The largest absolute Gasteiger partial charge is 0.454 e. The Morgan fingerprint density at radius 2 is 1.62 bits per heavy atom. The molecule has 0 spiro atoms. The summed E-state index contributed by atoms with van der Waals surface area (Å²) in [5.74, 6) is -1.87. The molecule has 9 heteroatoms. The van der Waals surface area contributed by atoms with E-state index in [0.29, 0.717) is 6.42 Å². The highest BCUT2D eigenvalue weighted by Crippen LogP contribution is 2.06. The third-order valence-corrected chi connectivity index (χ3v) is 4.00. The number of benzene rings is 1. The van der Waals surface area contributed by atoms with E-state index in [4.69, 9.17) is 9.47 Å². The maximum Gasteiger partial charge on any atom is 0.408 e. The number of hydrogen-bond donors (Lipinski definition) is 3. The van der Waals surface area contributed by atoms with Crippen LogP contribution in [0, 0.1) is 5.92 Å². The van der Waals surface area contributed by atoms with Crippen molar-refractivity contribution in [2.45, 2.75) is 52.8 Å². The van der Waals surface area contributed by atoms with Crippen LogP contribution in [0.4, 0.5) is 9.59 Å². The first-order chi connectivity index (χ1) is 13.7. The van der Waals surface area contributed by atoms with Gasteiger partial charge in [-0.25, -0.2) is 14.4 Å². The molecule has 0 heterocycles. The van der Waals surface area contributed by atoms with E-state index in [1.54, 1.807) is 32.9 Å². The second-order valence-electron chi connectivity index (χ2n) is 6.87. The molecular formula is C20H29N3O6. The number of amides is 4. The van der Waals surface area contributed by atoms with Gasteiger partial charge in [0.15, 0.2) is 6.61 Å². The van der Waals surface area contributed by atoms with E-state index in [2.05, 4.69) is 16.0 Å². The lowest BCUT2D eigenvalue weighted by Gasteiger charge is -2.20. The van der Waals surface area contributed by atoms with Gasteiger partial charge in [0.25, 0.3) is 5.91 Å². The fourth-order valence-electron chi connectivity index (χ4n) is 2.14. The second-order valence-corrected chi connectivity index (χ2v) is 6.87. The number of esters is 1. The highest BCUT2D eigenvalue weighted by Gasteiger charge is 2.27. The van der Waals surface area contributed by atoms with Gasteiger partial charge in [-0.3, -0.25) is 10.1 Å². The molecule has 160 valence electrons. The van der Waals surface area contributed by atoms with Crippen molar-refractivity contribution in [1.82, 2.24) is 16.0 Å². The third kappa shape index (κ3) is 9.59. The molecule has 0 bridgehead atoms. The van der Waals surface area contributed by atoms with Crippen LogP contribution in [0.2, 0.25) is 0 Å². The molecule has 1 aromatic rings. The lowest BCUT2D eigenvalue weighted by molar-refractivity contribution is -0.151. The summed E-state index contributed by atoms with van der Waals surface area (Å²) in [5.41, 5.74) is 0.804. The summed E-state index contributed by atoms with van der Waals surface area (Å²) in [5, 5.41) is 7.07. The summed E-state index contributed by atoms with van der Waals surface area (Å²) in [4.78, 5) is 47.5. The Hall–Kier alpha value is -3.10. The maximum absolute atomic E-state index is 12.2. The summed E-state index contributed by atoms with van der Waals surface area (Å²) in [6.07, 6.45) is -0.0690. The summed E-state index contributed by atoms with van der Waals surface area (Å²) in [7, 11) is 0. The molecule has 2 atom stereocenters. The summed E-state index contributed by atoms with van der Waals surface area (Å²) >= 11 is 0. The Kier molecular flexibility index (Phi) is 10.2. The molecule has 4 amide bonds. The predicted octanol–water partition coefficient (Wildman–Crippen LogP) is 2.10. The number of rotatable bonds is 9. The molecule has 0 aromatic heterocycles. The average molecular weight is 407 g/mol. The van der Waals surface area contributed by atoms with Crippen molar-refractivity contribution in [2.75, 3.05) is 6.61 Å². The summed E-state index contributed by atoms with van der Waals surface area (Å²) in [6, 6.07) is 7.33. The molecule has 0 saturated heterocycles. The van der Waals surface area contributed by atoms with Crippen LogP contribution in [-0.4, -0.2) is 42.7 Å². The lowest BCUT2D eigenvalue weighted by Crippen LogP contribution is -2.47. The van der Waals surface area contributed by atoms with Crippen molar-refractivity contribution in [3.8, 4) is 0 Å². The zero-order valence-corrected chi connectivity index (χ0v) is 17.2. The molecule has 29 heavy (non-hydrogen) atoms. The highest BCUT2D eigenvalue weighted by molar-refractivity contribution is 5.96. The monoisotopic (exact) mass is 407 g/mol. The van der Waals surface area contributed by atoms with Gasteiger partial charge in [0.2, 0.25) is 0 Å². The number of alkyl carbamates (subject to hydrolysis) is 1. The smallest absolute Gasteiger partial charge is 0.408 e. The van der Waals surface area contributed by atoms with Gasteiger partial charge >= 0.3 is 18.1 Å². The molecule has 0 unspecified atom stereocenters. The van der Waals surface area contributed by atoms with Crippen LogP contribution in [0.1, 0.15) is 39.7 Å². The Balaban J connectivity index is 2.45. The molecular weight excluding hydrogens is 378 g/mol. The Morgan fingerprint density at radius 3 is 2.21 bits per heavy atom. The van der Waals surface area contributed by atoms with Gasteiger partial charge in [0.05, 0.1) is 0 Å². The number of nitrogens with one attached hydrogen (secondary N) is 3. The zero-order valence-electron chi connectivity index (χ0n) is 17.2. The van der Waals surface area contributed by atoms with Crippen molar-refractivity contribution < 1.29 is 28.7 Å². The van der Waals surface area contributed by atoms with Crippen LogP contribution in [0.25, 0.3) is 0 Å². The van der Waals surface area contributed by atoms with Gasteiger partial charge in [0, 0.05) is 6.04 Å². The summed E-state index contributed by atoms with van der Waals surface area (Å²) in [6.45, 7) is 6.52. The van der Waals surface area contributed by atoms with Crippen LogP contribution in [-0.2, 0) is 25.7 Å². The molecule has 0 radical (unpaired) electrons. The Labute approximate surface area is 170 Å². The number of ether oxygens (including phenoxy) is 2. The van der Waals surface area contributed by atoms with Crippen LogP contribution >= 0.6 is 0 Å². The van der Waals surface area contributed by atoms with Gasteiger partial charge in [-0.05, 0) is 24.8 Å². The molecule has 0 fully saturated rings. The van der Waals surface area contributed by atoms with E-state index in [1.807, 2.05) is 25.1 Å². The van der Waals surface area contributed by atoms with Gasteiger partial charge in [-0.15, -0.1) is 0 Å². The molecule has 3 N–H and O–H groups in total. The number of carbonyl (C=O) groups excluding carboxylic acids is 4. The zero-order chi connectivity index (χ0) is 21.8. The van der Waals surface area contributed by atoms with Crippen LogP contribution < -0.4 is 16.0 Å². The second kappa shape index (κ2) is 12.4. The number of carbonyl (C=O) groups is 4. The number of urea groups is 1. The molecule has 0 aliphatic carbocycles. The van der Waals surface area contributed by atoms with Gasteiger partial charge in [-0.1, -0.05) is 51.1 Å². The predicted molar refractivity (Wildman–Crippen MR) is 106 cm³/mol. The van der Waals surface area contributed by atoms with Crippen LogP contribution in [0.5, 0.6) is 0 Å². The Morgan fingerprint density at radius 1 is 0.966 bits per heavy atom. The van der Waals surface area contributed by atoms with E-state index < -0.39 is 36.6 Å². The minimum absolute atomic E-state index is 0.0558. The van der Waals surface area contributed by atoms with E-state index in [0.717, 1.165) is 5.56 Å². The van der Waals surface area contributed by atoms with Crippen molar-refractivity contribution in [2.24, 2.45) is 5.92 Å². The first kappa shape index (κ1) is 23.9. The number of imide groups is 1. The lowest BCUT2D eigenvalue weighted by atomic mass is 10.1. The minimum Gasteiger partial charge on any atom is -0.454 e. The fraction of sp³-hybridized carbons (Fsp3) is 0.500. The molecule has 0 saturated carbocycles. The van der Waals surface area contributed by atoms with Crippen LogP contribution in [0.15, 0.2) is 30.3 Å². The third-order valence-electron chi connectivity index (χ3n) is 4.00. The van der Waals surface area contributed by atoms with Gasteiger partial charge < -0.3 is 20.1 Å². The first-order valence-corrected chi connectivity index (χ1v) is 9.47. The fourth-order valence-corrected chi connectivity index (χ4v) is 2.14. The summed E-state index contributed by atoms with van der Waals surface area (Å²) < 4.78 is 10.0. The molecule has 1 rings (SSSR count). The van der Waals surface area contributed by atoms with Gasteiger partial charge in [-0.2, -0.15) is 0 Å². The van der Waals surface area contributed by atoms with Crippen molar-refractivity contribution >= 4 is 24.0 Å². The van der Waals surface area contributed by atoms with E-state index in [-0.39, 0.29) is 18.6 Å². The van der Waals surface area contributed by atoms with E-state index in [1.165, 1.54) is 0 Å². The quantitative estimate of drug-likeness (QED) is 0.539. The number of hydrogen-bond acceptors (Lipinski definition) is 6. The minimum atomic E-state index is -1.000. The Bertz CT molecular complexity index is 693. The normalized spacial score (nSPS) is 12.4. The van der Waals surface area contributed by atoms with E-state index >= 15 is 0 Å². The molecule has 0 aliphatic heterocycles. The van der Waals surface area contributed by atoms with Crippen LogP contribution in [0.3, 0.4) is 0 Å². The van der Waals surface area contributed by atoms with Crippen molar-refractivity contribution in [3.63, 3.8) is 0 Å². The van der Waals surface area contributed by atoms with Gasteiger partial charge in [0.1, 0.15) is 12.6 Å². The maximum atomic E-state index is 12.2. The molecule has 0 aliphatic rings. The molecule has 1 aromatic carbocycles. The highest BCUT2D eigenvalue weighted by atomic mass is 16.6. The van der Waals surface area contributed by atoms with Crippen molar-refractivity contribution in [1.29, 1.82) is 0 Å². The molecule has 9 nitrogen and oxygen atoms in total. The SMILES string of the molecule is CC[C@@H](C)NC(=O)NC(=O)COC(=O)[C@@H](NC(=O)OCc1ccccc1)C(C)C. The first-order valence-electron chi connectivity index (χ1n) is 9.47. The van der Waals surface area contributed by atoms with E-state index in [9.17, 15) is 19.2 Å².